The van der Waals surface area contributed by atoms with Crippen molar-refractivity contribution in [3.63, 3.8) is 0 Å². The minimum atomic E-state index is -1.21. The number of benzene rings is 3. The standard InChI is InChI=1S/C39H53N5O7/c1-38(2,3)32(41-36(48)50-7)34(46)40-30(23-26-15-11-9-12-16-26)31(45)25-44(43-35(47)33(39(4,5)6)42-37(49)51-8)24-27-19-21-29(22-20-27)28-17-13-10-14-18-28/h9-22,30-33,45H,23-25H2,1-8H3,(H,40,46)(H,41,48)(H,42,49)(H,43,47)/t30-,31-,32+,33+/m0/s1. The van der Waals surface area contributed by atoms with Crippen molar-refractivity contribution in [2.45, 2.75) is 78.7 Å². The minimum Gasteiger partial charge on any atom is -0.453 e. The average molecular weight is 704 g/mol. The average Bonchev–Trinajstić information content (AvgIpc) is 3.08. The van der Waals surface area contributed by atoms with Gasteiger partial charge in [-0.05, 0) is 39.5 Å². The Morgan fingerprint density at radius 1 is 0.647 bits per heavy atom. The van der Waals surface area contributed by atoms with E-state index in [1.165, 1.54) is 14.2 Å². The third kappa shape index (κ3) is 12.7. The lowest BCUT2D eigenvalue weighted by Crippen LogP contribution is -2.60. The monoisotopic (exact) mass is 703 g/mol. The summed E-state index contributed by atoms with van der Waals surface area (Å²) in [6.07, 6.45) is -2.47. The molecule has 3 aromatic carbocycles. The molecule has 3 rings (SSSR count). The second-order valence-corrected chi connectivity index (χ2v) is 14.7. The molecule has 5 N–H and O–H groups in total. The van der Waals surface area contributed by atoms with E-state index in [1.54, 1.807) is 5.01 Å². The molecule has 0 bridgehead atoms. The summed E-state index contributed by atoms with van der Waals surface area (Å²) in [5, 5.41) is 21.6. The van der Waals surface area contributed by atoms with E-state index in [2.05, 4.69) is 21.4 Å². The zero-order valence-corrected chi connectivity index (χ0v) is 30.9. The van der Waals surface area contributed by atoms with Gasteiger partial charge >= 0.3 is 12.2 Å². The van der Waals surface area contributed by atoms with Gasteiger partial charge in [-0.2, -0.15) is 0 Å². The number of carbonyl (C=O) groups is 4. The van der Waals surface area contributed by atoms with Crippen molar-refractivity contribution in [2.75, 3.05) is 20.8 Å². The van der Waals surface area contributed by atoms with Crippen molar-refractivity contribution in [1.82, 2.24) is 26.4 Å². The molecule has 0 saturated carbocycles. The molecule has 51 heavy (non-hydrogen) atoms. The van der Waals surface area contributed by atoms with E-state index < -0.39 is 59.1 Å². The van der Waals surface area contributed by atoms with Crippen LogP contribution in [0.3, 0.4) is 0 Å². The molecule has 0 saturated heterocycles. The number of aliphatic hydroxyl groups excluding tert-OH is 1. The molecular weight excluding hydrogens is 650 g/mol. The molecule has 12 heteroatoms. The van der Waals surface area contributed by atoms with Gasteiger partial charge in [0.15, 0.2) is 0 Å². The molecule has 0 radical (unpaired) electrons. The molecule has 4 amide bonds. The highest BCUT2D eigenvalue weighted by molar-refractivity contribution is 5.87. The predicted octanol–water partition coefficient (Wildman–Crippen LogP) is 4.82. The Kier molecular flexibility index (Phi) is 14.6. The number of nitrogens with one attached hydrogen (secondary N) is 4. The Labute approximate surface area is 301 Å². The molecule has 4 atom stereocenters. The third-order valence-electron chi connectivity index (χ3n) is 8.35. The molecule has 0 aromatic heterocycles. The quantitative estimate of drug-likeness (QED) is 0.150. The SMILES string of the molecule is COC(=O)N[C@H](C(=O)N[C@@H](Cc1ccccc1)[C@@H](O)CN(Cc1ccc(-c2ccccc2)cc1)NC(=O)[C@@H](NC(=O)OC)C(C)(C)C)C(C)(C)C. The Bertz CT molecular complexity index is 1570. The van der Waals surface area contributed by atoms with E-state index in [9.17, 15) is 24.3 Å². The zero-order valence-electron chi connectivity index (χ0n) is 30.9. The first kappa shape index (κ1) is 40.5. The summed E-state index contributed by atoms with van der Waals surface area (Å²) in [6.45, 7) is 11.0. The van der Waals surface area contributed by atoms with Crippen LogP contribution in [0.5, 0.6) is 0 Å². The summed E-state index contributed by atoms with van der Waals surface area (Å²) in [5.74, 6) is -1.02. The van der Waals surface area contributed by atoms with Gasteiger partial charge in [-0.15, -0.1) is 0 Å². The summed E-state index contributed by atoms with van der Waals surface area (Å²) in [4.78, 5) is 51.9. The number of hydrazine groups is 1. The predicted molar refractivity (Wildman–Crippen MR) is 196 cm³/mol. The Morgan fingerprint density at radius 2 is 1.12 bits per heavy atom. The lowest BCUT2D eigenvalue weighted by atomic mass is 9.85. The highest BCUT2D eigenvalue weighted by Gasteiger charge is 2.37. The molecule has 276 valence electrons. The number of hydrogen-bond donors (Lipinski definition) is 5. The number of hydrogen-bond acceptors (Lipinski definition) is 8. The normalized spacial score (nSPS) is 14.0. The van der Waals surface area contributed by atoms with Crippen LogP contribution in [-0.2, 0) is 32.0 Å². The topological polar surface area (TPSA) is 158 Å². The van der Waals surface area contributed by atoms with Crippen LogP contribution in [0, 0.1) is 10.8 Å². The van der Waals surface area contributed by atoms with E-state index >= 15 is 0 Å². The molecule has 0 aliphatic carbocycles. The lowest BCUT2D eigenvalue weighted by molar-refractivity contribution is -0.132. The molecule has 0 aliphatic rings. The second kappa shape index (κ2) is 18.3. The van der Waals surface area contributed by atoms with E-state index in [0.29, 0.717) is 0 Å². The fraction of sp³-hybridized carbons (Fsp3) is 0.436. The maximum Gasteiger partial charge on any atom is 0.407 e. The summed E-state index contributed by atoms with van der Waals surface area (Å²) < 4.78 is 9.55. The first-order valence-corrected chi connectivity index (χ1v) is 16.9. The van der Waals surface area contributed by atoms with Crippen molar-refractivity contribution in [3.05, 3.63) is 96.1 Å². The van der Waals surface area contributed by atoms with Crippen molar-refractivity contribution < 1.29 is 33.8 Å². The van der Waals surface area contributed by atoms with E-state index in [1.807, 2.05) is 126 Å². The highest BCUT2D eigenvalue weighted by atomic mass is 16.5. The molecule has 0 aliphatic heterocycles. The van der Waals surface area contributed by atoms with Crippen molar-refractivity contribution in [1.29, 1.82) is 0 Å². The summed E-state index contributed by atoms with van der Waals surface area (Å²) in [5.41, 5.74) is 5.30. The number of rotatable bonds is 14. The number of amides is 4. The van der Waals surface area contributed by atoms with Gasteiger partial charge in [-0.1, -0.05) is 126 Å². The van der Waals surface area contributed by atoms with Crippen molar-refractivity contribution in [3.8, 4) is 11.1 Å². The highest BCUT2D eigenvalue weighted by Crippen LogP contribution is 2.23. The van der Waals surface area contributed by atoms with Crippen LogP contribution in [-0.4, -0.2) is 79.1 Å². The van der Waals surface area contributed by atoms with Gasteiger partial charge in [0.25, 0.3) is 5.91 Å². The molecule has 3 aromatic rings. The fourth-order valence-electron chi connectivity index (χ4n) is 5.50. The van der Waals surface area contributed by atoms with E-state index in [0.717, 1.165) is 22.3 Å². The van der Waals surface area contributed by atoms with Gasteiger partial charge in [0.2, 0.25) is 5.91 Å². The number of carbonyl (C=O) groups excluding carboxylic acids is 4. The summed E-state index contributed by atoms with van der Waals surface area (Å²) in [7, 11) is 2.44. The van der Waals surface area contributed by atoms with E-state index in [4.69, 9.17) is 9.47 Å². The van der Waals surface area contributed by atoms with Gasteiger partial charge in [-0.3, -0.25) is 15.0 Å². The number of methoxy groups -OCH3 is 2. The van der Waals surface area contributed by atoms with Crippen LogP contribution < -0.4 is 21.4 Å². The third-order valence-corrected chi connectivity index (χ3v) is 8.35. The Morgan fingerprint density at radius 3 is 1.61 bits per heavy atom. The molecule has 0 fully saturated rings. The van der Waals surface area contributed by atoms with Crippen molar-refractivity contribution >= 4 is 24.0 Å². The molecule has 0 spiro atoms. The number of nitrogens with zero attached hydrogens (tertiary/aromatic N) is 1. The zero-order chi connectivity index (χ0) is 37.8. The smallest absolute Gasteiger partial charge is 0.407 e. The number of ether oxygens (including phenoxy) is 2. The fourth-order valence-corrected chi connectivity index (χ4v) is 5.50. The Hall–Kier alpha value is -4.94. The molecule has 12 nitrogen and oxygen atoms in total. The molecule has 0 unspecified atom stereocenters. The molecule has 0 heterocycles. The van der Waals surface area contributed by atoms with Gasteiger partial charge in [0.05, 0.1) is 26.4 Å². The first-order valence-electron chi connectivity index (χ1n) is 16.9. The number of aliphatic hydroxyl groups is 1. The molecular formula is C39H53N5O7. The van der Waals surface area contributed by atoms with Crippen molar-refractivity contribution in [2.24, 2.45) is 10.8 Å². The van der Waals surface area contributed by atoms with E-state index in [-0.39, 0.29) is 19.5 Å². The van der Waals surface area contributed by atoms with Crippen LogP contribution in [0.4, 0.5) is 9.59 Å². The van der Waals surface area contributed by atoms with Gasteiger partial charge in [0.1, 0.15) is 12.1 Å². The van der Waals surface area contributed by atoms with Gasteiger partial charge < -0.3 is 30.5 Å². The van der Waals surface area contributed by atoms with Crippen LogP contribution in [0.2, 0.25) is 0 Å². The first-order chi connectivity index (χ1) is 24.0. The van der Waals surface area contributed by atoms with Crippen LogP contribution in [0.25, 0.3) is 11.1 Å². The van der Waals surface area contributed by atoms with Gasteiger partial charge in [0, 0.05) is 13.1 Å². The largest absolute Gasteiger partial charge is 0.453 e. The van der Waals surface area contributed by atoms with Crippen LogP contribution in [0.1, 0.15) is 52.7 Å². The maximum atomic E-state index is 13.8. The number of alkyl carbamates (subject to hydrolysis) is 2. The van der Waals surface area contributed by atoms with Gasteiger partial charge in [-0.25, -0.2) is 14.6 Å². The second-order valence-electron chi connectivity index (χ2n) is 14.7. The van der Waals surface area contributed by atoms with Crippen LogP contribution >= 0.6 is 0 Å². The minimum absolute atomic E-state index is 0.107. The summed E-state index contributed by atoms with van der Waals surface area (Å²) >= 11 is 0. The van der Waals surface area contributed by atoms with Crippen LogP contribution in [0.15, 0.2) is 84.9 Å². The maximum absolute atomic E-state index is 13.8. The Balaban J connectivity index is 1.96. The summed E-state index contributed by atoms with van der Waals surface area (Å²) in [6, 6.07) is 24.4. The lowest BCUT2D eigenvalue weighted by Gasteiger charge is -2.35.